The number of carbonyl (C=O) groups is 1. The van der Waals surface area contributed by atoms with Gasteiger partial charge in [0, 0.05) is 4.88 Å². The minimum atomic E-state index is 0.0442. The summed E-state index contributed by atoms with van der Waals surface area (Å²) in [6.45, 7) is 0. The first-order chi connectivity index (χ1) is 6.79. The van der Waals surface area contributed by atoms with Crippen molar-refractivity contribution >= 4 is 50.4 Å². The van der Waals surface area contributed by atoms with E-state index in [2.05, 4.69) is 4.99 Å². The molecule has 0 saturated carbocycles. The van der Waals surface area contributed by atoms with Crippen LogP contribution in [0.5, 0.6) is 0 Å². The van der Waals surface area contributed by atoms with Crippen molar-refractivity contribution in [1.29, 1.82) is 0 Å². The maximum atomic E-state index is 11.4. The molecule has 0 atom stereocenters. The Kier molecular flexibility index (Phi) is 3.10. The van der Waals surface area contributed by atoms with Gasteiger partial charge in [0.25, 0.3) is 0 Å². The molecule has 0 amide bonds. The summed E-state index contributed by atoms with van der Waals surface area (Å²) in [6, 6.07) is 3.94. The Balaban J connectivity index is 2.27. The monoisotopic (exact) mass is 241 g/mol. The van der Waals surface area contributed by atoms with Gasteiger partial charge in [-0.05, 0) is 35.5 Å². The van der Waals surface area contributed by atoms with Crippen molar-refractivity contribution in [1.82, 2.24) is 0 Å². The van der Waals surface area contributed by atoms with Crippen LogP contribution < -0.4 is 0 Å². The third-order valence-electron chi connectivity index (χ3n) is 1.60. The number of hydrogen-bond acceptors (Lipinski definition) is 5. The second-order valence-corrected chi connectivity index (χ2v) is 5.51. The van der Waals surface area contributed by atoms with Gasteiger partial charge < -0.3 is 0 Å². The number of aliphatic imine (C=N–C) groups is 1. The Labute approximate surface area is 94.5 Å². The molecule has 2 rings (SSSR count). The van der Waals surface area contributed by atoms with E-state index in [4.69, 9.17) is 0 Å². The number of thiophene rings is 1. The van der Waals surface area contributed by atoms with Crippen LogP contribution in [0.4, 0.5) is 0 Å². The van der Waals surface area contributed by atoms with Crippen molar-refractivity contribution in [3.05, 3.63) is 28.1 Å². The second-order valence-electron chi connectivity index (χ2n) is 2.52. The van der Waals surface area contributed by atoms with Gasteiger partial charge in [-0.3, -0.25) is 4.79 Å². The first-order valence-corrected chi connectivity index (χ1v) is 6.82. The van der Waals surface area contributed by atoms with Crippen molar-refractivity contribution in [3.8, 4) is 0 Å². The van der Waals surface area contributed by atoms with Gasteiger partial charge in [0.1, 0.15) is 10.1 Å². The van der Waals surface area contributed by atoms with Gasteiger partial charge >= 0.3 is 0 Å². The predicted molar refractivity (Wildman–Crippen MR) is 65.8 cm³/mol. The number of carbonyl (C=O) groups excluding carboxylic acids is 1. The van der Waals surface area contributed by atoms with E-state index in [-0.39, 0.29) is 5.12 Å². The molecule has 72 valence electrons. The van der Waals surface area contributed by atoms with Crippen molar-refractivity contribution < 1.29 is 4.79 Å². The smallest absolute Gasteiger partial charge is 0.244 e. The molecule has 0 bridgehead atoms. The molecule has 0 aliphatic carbocycles. The van der Waals surface area contributed by atoms with Crippen molar-refractivity contribution in [2.45, 2.75) is 0 Å². The summed E-state index contributed by atoms with van der Waals surface area (Å²) in [5, 5.41) is 2.03. The normalized spacial score (nSPS) is 19.1. The summed E-state index contributed by atoms with van der Waals surface area (Å²) in [5.41, 5.74) is 0.557. The Bertz CT molecular complexity index is 406. The van der Waals surface area contributed by atoms with E-state index in [1.54, 1.807) is 11.3 Å². The summed E-state index contributed by atoms with van der Waals surface area (Å²) >= 11 is 4.32. The van der Waals surface area contributed by atoms with Crippen LogP contribution in [-0.4, -0.2) is 15.7 Å². The number of hydrogen-bond donors (Lipinski definition) is 0. The van der Waals surface area contributed by atoms with Gasteiger partial charge in [0.15, 0.2) is 0 Å². The summed E-state index contributed by atoms with van der Waals surface area (Å²) < 4.78 is 0.831. The van der Waals surface area contributed by atoms with Crippen molar-refractivity contribution in [2.24, 2.45) is 4.99 Å². The van der Waals surface area contributed by atoms with Crippen LogP contribution >= 0.6 is 34.9 Å². The second kappa shape index (κ2) is 4.33. The third kappa shape index (κ3) is 2.10. The van der Waals surface area contributed by atoms with E-state index in [9.17, 15) is 4.79 Å². The lowest BCUT2D eigenvalue weighted by Crippen LogP contribution is -1.86. The fraction of sp³-hybridized carbons (Fsp3) is 0.111. The molecule has 0 N–H and O–H groups in total. The molecular weight excluding hydrogens is 234 g/mol. The highest BCUT2D eigenvalue weighted by Gasteiger charge is 2.21. The molecule has 1 aliphatic rings. The molecule has 0 aromatic carbocycles. The van der Waals surface area contributed by atoms with E-state index in [0.717, 1.165) is 9.25 Å². The fourth-order valence-corrected chi connectivity index (χ4v) is 2.90. The lowest BCUT2D eigenvalue weighted by Gasteiger charge is -1.86. The number of rotatable bonds is 1. The summed E-state index contributed by atoms with van der Waals surface area (Å²) in [7, 11) is 0. The Morgan fingerprint density at radius 1 is 1.57 bits per heavy atom. The maximum Gasteiger partial charge on any atom is 0.244 e. The molecule has 0 saturated heterocycles. The van der Waals surface area contributed by atoms with E-state index in [1.165, 1.54) is 23.5 Å². The summed E-state index contributed by atoms with van der Waals surface area (Å²) in [6.07, 6.45) is 3.76. The lowest BCUT2D eigenvalue weighted by molar-refractivity contribution is -0.107. The topological polar surface area (TPSA) is 29.4 Å². The lowest BCUT2D eigenvalue weighted by atomic mass is 10.4. The molecule has 1 aromatic heterocycles. The van der Waals surface area contributed by atoms with Crippen LogP contribution in [0.2, 0.25) is 0 Å². The molecule has 0 radical (unpaired) electrons. The van der Waals surface area contributed by atoms with Gasteiger partial charge in [-0.2, -0.15) is 0 Å². The van der Waals surface area contributed by atoms with E-state index >= 15 is 0 Å². The average molecular weight is 241 g/mol. The molecule has 0 unspecified atom stereocenters. The highest BCUT2D eigenvalue weighted by molar-refractivity contribution is 8.45. The first-order valence-electron chi connectivity index (χ1n) is 3.89. The quantitative estimate of drug-likeness (QED) is 0.708. The zero-order valence-corrected chi connectivity index (χ0v) is 9.84. The van der Waals surface area contributed by atoms with Gasteiger partial charge in [-0.25, -0.2) is 4.99 Å². The molecule has 1 aromatic rings. The van der Waals surface area contributed by atoms with Gasteiger partial charge in [0.2, 0.25) is 5.12 Å². The van der Waals surface area contributed by atoms with Gasteiger partial charge in [-0.1, -0.05) is 6.07 Å². The fourth-order valence-electron chi connectivity index (χ4n) is 0.985. The van der Waals surface area contributed by atoms with Crippen LogP contribution in [0.15, 0.2) is 28.2 Å². The molecule has 14 heavy (non-hydrogen) atoms. The Hall–Kier alpha value is -0.520. The van der Waals surface area contributed by atoms with Gasteiger partial charge in [-0.15, -0.1) is 23.1 Å². The number of thioether (sulfide) groups is 2. The van der Waals surface area contributed by atoms with E-state index in [1.807, 2.05) is 29.8 Å². The largest absolute Gasteiger partial charge is 0.279 e. The minimum Gasteiger partial charge on any atom is -0.279 e. The molecule has 2 heterocycles. The molecule has 0 fully saturated rings. The Morgan fingerprint density at radius 3 is 3.00 bits per heavy atom. The van der Waals surface area contributed by atoms with E-state index in [0.29, 0.717) is 5.70 Å². The van der Waals surface area contributed by atoms with Crippen LogP contribution in [0.25, 0.3) is 6.08 Å². The zero-order chi connectivity index (χ0) is 9.97. The van der Waals surface area contributed by atoms with Crippen molar-refractivity contribution in [3.63, 3.8) is 0 Å². The van der Waals surface area contributed by atoms with Crippen LogP contribution in [0, 0.1) is 0 Å². The molecular formula is C9H7NOS3. The zero-order valence-electron chi connectivity index (χ0n) is 7.39. The predicted octanol–water partition coefficient (Wildman–Crippen LogP) is 3.08. The summed E-state index contributed by atoms with van der Waals surface area (Å²) in [5.74, 6) is 0. The van der Waals surface area contributed by atoms with E-state index < -0.39 is 0 Å². The van der Waals surface area contributed by atoms with Crippen molar-refractivity contribution in [2.75, 3.05) is 6.26 Å². The summed E-state index contributed by atoms with van der Waals surface area (Å²) in [4.78, 5) is 16.7. The SMILES string of the molecule is CSC1=N/C(=C/c2cccs2)C(=O)S1. The van der Waals surface area contributed by atoms with Crippen LogP contribution in [0.1, 0.15) is 4.88 Å². The number of nitrogens with zero attached hydrogens (tertiary/aromatic N) is 1. The third-order valence-corrected chi connectivity index (χ3v) is 4.27. The van der Waals surface area contributed by atoms with Gasteiger partial charge in [0.05, 0.1) is 0 Å². The average Bonchev–Trinajstić information content (AvgIpc) is 2.78. The van der Waals surface area contributed by atoms with Crippen LogP contribution in [0.3, 0.4) is 0 Å². The highest BCUT2D eigenvalue weighted by Crippen LogP contribution is 2.30. The van der Waals surface area contributed by atoms with Crippen LogP contribution in [-0.2, 0) is 4.79 Å². The molecule has 2 nitrogen and oxygen atoms in total. The standard InChI is InChI=1S/C9H7NOS3/c1-12-9-10-7(8(11)14-9)5-6-3-2-4-13-6/h2-5H,1H3/b7-5+. The maximum absolute atomic E-state index is 11.4. The highest BCUT2D eigenvalue weighted by atomic mass is 32.2. The molecule has 5 heteroatoms. The molecule has 0 spiro atoms. The minimum absolute atomic E-state index is 0.0442. The first kappa shape index (κ1) is 10.0. The molecule has 1 aliphatic heterocycles. The Morgan fingerprint density at radius 2 is 2.43 bits per heavy atom.